The van der Waals surface area contributed by atoms with Gasteiger partial charge in [0.05, 0.1) is 5.69 Å². The van der Waals surface area contributed by atoms with E-state index in [4.69, 9.17) is 4.42 Å². The quantitative estimate of drug-likeness (QED) is 0.177. The van der Waals surface area contributed by atoms with E-state index in [0.717, 1.165) is 61.4 Å². The minimum atomic E-state index is 0.903. The Morgan fingerprint density at radius 3 is 1.43 bits per heavy atom. The van der Waals surface area contributed by atoms with Crippen molar-refractivity contribution in [2.45, 2.75) is 0 Å². The molecule has 3 nitrogen and oxygen atoms in total. The predicted molar refractivity (Wildman–Crippen MR) is 198 cm³/mol. The van der Waals surface area contributed by atoms with Crippen LogP contribution in [0, 0.1) is 0 Å². The third-order valence-corrected chi connectivity index (χ3v) is 8.97. The van der Waals surface area contributed by atoms with Crippen molar-refractivity contribution in [2.75, 3.05) is 9.80 Å². The van der Waals surface area contributed by atoms with E-state index in [2.05, 4.69) is 180 Å². The van der Waals surface area contributed by atoms with Gasteiger partial charge in [-0.1, -0.05) is 103 Å². The fourth-order valence-corrected chi connectivity index (χ4v) is 6.85. The Morgan fingerprint density at radius 1 is 0.298 bits per heavy atom. The van der Waals surface area contributed by atoms with E-state index in [1.54, 1.807) is 0 Å². The molecule has 0 saturated heterocycles. The molecule has 8 aromatic carbocycles. The molecule has 222 valence electrons. The van der Waals surface area contributed by atoms with Crippen LogP contribution < -0.4 is 9.80 Å². The number of para-hydroxylation sites is 5. The summed E-state index contributed by atoms with van der Waals surface area (Å²) in [6, 6.07) is 64.5. The smallest absolute Gasteiger partial charge is 0.136 e. The molecule has 0 spiro atoms. The number of hydrogen-bond donors (Lipinski definition) is 0. The molecule has 0 unspecified atom stereocenters. The summed E-state index contributed by atoms with van der Waals surface area (Å²) in [4.78, 5) is 4.72. The summed E-state index contributed by atoms with van der Waals surface area (Å²) < 4.78 is 6.31. The van der Waals surface area contributed by atoms with Gasteiger partial charge in [0.1, 0.15) is 11.2 Å². The number of nitrogens with zero attached hydrogens (tertiary/aromatic N) is 2. The van der Waals surface area contributed by atoms with Crippen LogP contribution in [0.25, 0.3) is 43.5 Å². The maximum absolute atomic E-state index is 6.31. The highest BCUT2D eigenvalue weighted by atomic mass is 16.3. The first-order valence-corrected chi connectivity index (χ1v) is 15.9. The second-order valence-electron chi connectivity index (χ2n) is 11.8. The van der Waals surface area contributed by atoms with Gasteiger partial charge in [0, 0.05) is 44.6 Å². The van der Waals surface area contributed by atoms with E-state index in [0.29, 0.717) is 0 Å². The van der Waals surface area contributed by atoms with Crippen LogP contribution >= 0.6 is 0 Å². The average molecular weight is 603 g/mol. The van der Waals surface area contributed by atoms with Crippen molar-refractivity contribution in [3.05, 3.63) is 182 Å². The average Bonchev–Trinajstić information content (AvgIpc) is 3.50. The molecule has 47 heavy (non-hydrogen) atoms. The van der Waals surface area contributed by atoms with Crippen LogP contribution in [-0.2, 0) is 0 Å². The van der Waals surface area contributed by atoms with Crippen molar-refractivity contribution in [3.63, 3.8) is 0 Å². The summed E-state index contributed by atoms with van der Waals surface area (Å²) in [5, 5.41) is 6.93. The zero-order valence-corrected chi connectivity index (χ0v) is 25.6. The van der Waals surface area contributed by atoms with E-state index in [1.807, 2.05) is 12.1 Å². The van der Waals surface area contributed by atoms with Crippen LogP contribution in [0.3, 0.4) is 0 Å². The fraction of sp³-hybridized carbons (Fsp3) is 0. The molecule has 0 N–H and O–H groups in total. The molecule has 0 amide bonds. The molecule has 1 heterocycles. The fourth-order valence-electron chi connectivity index (χ4n) is 6.85. The Kier molecular flexibility index (Phi) is 6.46. The summed E-state index contributed by atoms with van der Waals surface area (Å²) in [6.07, 6.45) is 0. The van der Waals surface area contributed by atoms with Crippen LogP contribution in [-0.4, -0.2) is 0 Å². The molecule has 9 aromatic rings. The minimum Gasteiger partial charge on any atom is -0.456 e. The van der Waals surface area contributed by atoms with E-state index in [-0.39, 0.29) is 0 Å². The molecule has 9 rings (SSSR count). The predicted octanol–water partition coefficient (Wildman–Crippen LogP) is 12.8. The van der Waals surface area contributed by atoms with Crippen LogP contribution in [0.15, 0.2) is 186 Å². The van der Waals surface area contributed by atoms with Crippen molar-refractivity contribution in [2.24, 2.45) is 0 Å². The first-order valence-electron chi connectivity index (χ1n) is 15.9. The van der Waals surface area contributed by atoms with Gasteiger partial charge >= 0.3 is 0 Å². The Morgan fingerprint density at radius 2 is 0.830 bits per heavy atom. The van der Waals surface area contributed by atoms with Gasteiger partial charge in [-0.2, -0.15) is 0 Å². The van der Waals surface area contributed by atoms with Crippen molar-refractivity contribution in [1.82, 2.24) is 0 Å². The van der Waals surface area contributed by atoms with E-state index >= 15 is 0 Å². The maximum atomic E-state index is 6.31. The highest BCUT2D eigenvalue weighted by molar-refractivity contribution is 6.19. The number of rotatable bonds is 6. The topological polar surface area (TPSA) is 19.6 Å². The first-order chi connectivity index (χ1) is 23.3. The van der Waals surface area contributed by atoms with Gasteiger partial charge in [0.25, 0.3) is 0 Å². The summed E-state index contributed by atoms with van der Waals surface area (Å²) in [5.41, 5.74) is 8.37. The second kappa shape index (κ2) is 11.2. The van der Waals surface area contributed by atoms with Gasteiger partial charge < -0.3 is 14.2 Å². The van der Waals surface area contributed by atoms with Gasteiger partial charge in [-0.05, 0) is 95.0 Å². The highest BCUT2D eigenvalue weighted by Crippen LogP contribution is 2.46. The summed E-state index contributed by atoms with van der Waals surface area (Å²) >= 11 is 0. The van der Waals surface area contributed by atoms with E-state index in [9.17, 15) is 0 Å². The number of hydrogen-bond acceptors (Lipinski definition) is 3. The SMILES string of the molecule is c1ccc(N(c2ccccc2)c2cc(N(c3ccccc3)c3ccccc3)c3ccc4cc5oc6ccccc6c5cc4c3c2)cc1. The van der Waals surface area contributed by atoms with Gasteiger partial charge in [0.2, 0.25) is 0 Å². The number of benzene rings is 8. The molecular weight excluding hydrogens is 572 g/mol. The maximum Gasteiger partial charge on any atom is 0.136 e. The number of anilines is 6. The van der Waals surface area contributed by atoms with Crippen LogP contribution in [0.5, 0.6) is 0 Å². The standard InChI is InChI=1S/C44H30N2O/c1-5-15-32(16-6-1)45(33-17-7-2-8-18-33)36-28-40-37(42(29-36)46(34-19-9-3-10-20-34)35-21-11-4-12-22-35)26-25-31-27-44-41(30-39(31)40)38-23-13-14-24-43(38)47-44/h1-30H. The summed E-state index contributed by atoms with van der Waals surface area (Å²) in [5.74, 6) is 0. The van der Waals surface area contributed by atoms with Crippen molar-refractivity contribution in [3.8, 4) is 0 Å². The molecule has 3 heteroatoms. The van der Waals surface area contributed by atoms with Gasteiger partial charge in [0.15, 0.2) is 0 Å². The normalized spacial score (nSPS) is 11.4. The van der Waals surface area contributed by atoms with Crippen molar-refractivity contribution < 1.29 is 4.42 Å². The molecule has 0 radical (unpaired) electrons. The first kappa shape index (κ1) is 27.0. The Bertz CT molecular complexity index is 2430. The van der Waals surface area contributed by atoms with Crippen LogP contribution in [0.2, 0.25) is 0 Å². The third kappa shape index (κ3) is 4.68. The molecule has 0 saturated carbocycles. The third-order valence-electron chi connectivity index (χ3n) is 8.97. The molecular formula is C44H30N2O. The molecule has 0 bridgehead atoms. The molecule has 0 fully saturated rings. The summed E-state index contributed by atoms with van der Waals surface area (Å²) in [7, 11) is 0. The van der Waals surface area contributed by atoms with Crippen LogP contribution in [0.4, 0.5) is 34.1 Å². The van der Waals surface area contributed by atoms with Gasteiger partial charge in [-0.25, -0.2) is 0 Å². The Hall–Kier alpha value is -6.32. The highest BCUT2D eigenvalue weighted by Gasteiger charge is 2.21. The summed E-state index contributed by atoms with van der Waals surface area (Å²) in [6.45, 7) is 0. The molecule has 0 aliphatic rings. The largest absolute Gasteiger partial charge is 0.456 e. The lowest BCUT2D eigenvalue weighted by Gasteiger charge is -2.31. The molecule has 1 aromatic heterocycles. The van der Waals surface area contributed by atoms with Gasteiger partial charge in [-0.3, -0.25) is 0 Å². The molecule has 0 atom stereocenters. The minimum absolute atomic E-state index is 0.903. The second-order valence-corrected chi connectivity index (χ2v) is 11.8. The monoisotopic (exact) mass is 602 g/mol. The Labute approximate surface area is 273 Å². The van der Waals surface area contributed by atoms with Crippen molar-refractivity contribution in [1.29, 1.82) is 0 Å². The molecule has 0 aliphatic heterocycles. The zero-order valence-electron chi connectivity index (χ0n) is 25.6. The number of furan rings is 1. The van der Waals surface area contributed by atoms with Crippen LogP contribution in [0.1, 0.15) is 0 Å². The molecule has 0 aliphatic carbocycles. The Balaban J connectivity index is 1.41. The lowest BCUT2D eigenvalue weighted by Crippen LogP contribution is -2.13. The lowest BCUT2D eigenvalue weighted by molar-refractivity contribution is 0.669. The van der Waals surface area contributed by atoms with E-state index < -0.39 is 0 Å². The van der Waals surface area contributed by atoms with Gasteiger partial charge in [-0.15, -0.1) is 0 Å². The van der Waals surface area contributed by atoms with Crippen molar-refractivity contribution >= 4 is 77.6 Å². The number of fused-ring (bicyclic) bond motifs is 6. The lowest BCUT2D eigenvalue weighted by atomic mass is 9.96. The zero-order chi connectivity index (χ0) is 31.2. The van der Waals surface area contributed by atoms with E-state index in [1.165, 1.54) is 16.2 Å².